The van der Waals surface area contributed by atoms with Crippen molar-refractivity contribution in [2.75, 3.05) is 31.1 Å². The lowest BCUT2D eigenvalue weighted by Gasteiger charge is -2.37. The Hall–Kier alpha value is -2.37. The summed E-state index contributed by atoms with van der Waals surface area (Å²) in [7, 11) is 0. The first kappa shape index (κ1) is 15.5. The minimum atomic E-state index is 0.195. The normalized spacial score (nSPS) is 15.0. The summed E-state index contributed by atoms with van der Waals surface area (Å²) in [6, 6.07) is 6.42. The molecule has 0 saturated carbocycles. The van der Waals surface area contributed by atoms with E-state index in [0.29, 0.717) is 13.0 Å². The number of carbonyl (C=O) groups excluding carboxylic acids is 1. The Morgan fingerprint density at radius 1 is 1.17 bits per heavy atom. The third-order valence-electron chi connectivity index (χ3n) is 4.57. The average Bonchev–Trinajstić information content (AvgIpc) is 3.09. The molecule has 1 aromatic carbocycles. The van der Waals surface area contributed by atoms with Gasteiger partial charge in [-0.2, -0.15) is 5.10 Å². The van der Waals surface area contributed by atoms with Crippen molar-refractivity contribution in [1.82, 2.24) is 19.7 Å². The Bertz CT molecular complexity index is 660. The van der Waals surface area contributed by atoms with Crippen LogP contribution in [0.2, 0.25) is 0 Å². The molecule has 0 atom stereocenters. The smallest absolute Gasteiger partial charge is 0.224 e. The average molecular weight is 313 g/mol. The summed E-state index contributed by atoms with van der Waals surface area (Å²) < 4.78 is 1.70. The van der Waals surface area contributed by atoms with E-state index in [1.165, 1.54) is 23.1 Å². The van der Waals surface area contributed by atoms with Crippen molar-refractivity contribution in [3.63, 3.8) is 0 Å². The molecule has 1 aliphatic heterocycles. The summed E-state index contributed by atoms with van der Waals surface area (Å²) in [5.74, 6) is 0.195. The molecule has 0 radical (unpaired) electrons. The van der Waals surface area contributed by atoms with Gasteiger partial charge in [0.25, 0.3) is 0 Å². The van der Waals surface area contributed by atoms with Crippen molar-refractivity contribution >= 4 is 11.6 Å². The molecule has 3 rings (SSSR count). The highest BCUT2D eigenvalue weighted by molar-refractivity contribution is 5.76. The van der Waals surface area contributed by atoms with E-state index in [0.717, 1.165) is 26.2 Å². The van der Waals surface area contributed by atoms with Crippen molar-refractivity contribution in [3.05, 3.63) is 42.0 Å². The van der Waals surface area contributed by atoms with Gasteiger partial charge in [-0.15, -0.1) is 0 Å². The second kappa shape index (κ2) is 6.81. The summed E-state index contributed by atoms with van der Waals surface area (Å²) in [6.07, 6.45) is 3.62. The number of carbonyl (C=O) groups is 1. The number of rotatable bonds is 4. The topological polar surface area (TPSA) is 54.3 Å². The van der Waals surface area contributed by atoms with Crippen molar-refractivity contribution < 1.29 is 4.79 Å². The molecule has 6 heteroatoms. The number of piperazine rings is 1. The molecular formula is C17H23N5O. The molecule has 1 amide bonds. The van der Waals surface area contributed by atoms with Gasteiger partial charge in [0.15, 0.2) is 0 Å². The number of nitrogens with zero attached hydrogens (tertiary/aromatic N) is 5. The van der Waals surface area contributed by atoms with Crippen LogP contribution in [-0.4, -0.2) is 51.8 Å². The molecule has 6 nitrogen and oxygen atoms in total. The lowest BCUT2D eigenvalue weighted by molar-refractivity contribution is -0.131. The fraction of sp³-hybridized carbons (Fsp3) is 0.471. The minimum Gasteiger partial charge on any atom is -0.368 e. The van der Waals surface area contributed by atoms with Gasteiger partial charge in [-0.1, -0.05) is 12.1 Å². The van der Waals surface area contributed by atoms with Crippen LogP contribution in [0.5, 0.6) is 0 Å². The molecule has 1 aromatic heterocycles. The third-order valence-corrected chi connectivity index (χ3v) is 4.57. The summed E-state index contributed by atoms with van der Waals surface area (Å²) in [6.45, 7) is 8.24. The molecule has 1 aliphatic rings. The zero-order valence-electron chi connectivity index (χ0n) is 13.8. The van der Waals surface area contributed by atoms with Crippen molar-refractivity contribution in [2.24, 2.45) is 0 Å². The van der Waals surface area contributed by atoms with Crippen LogP contribution >= 0.6 is 0 Å². The molecule has 2 aromatic rings. The second-order valence-electron chi connectivity index (χ2n) is 6.00. The van der Waals surface area contributed by atoms with Gasteiger partial charge < -0.3 is 9.80 Å². The second-order valence-corrected chi connectivity index (χ2v) is 6.00. The molecule has 23 heavy (non-hydrogen) atoms. The number of aromatic nitrogens is 3. The SMILES string of the molecule is Cc1cccc(N2CCN(C(=O)CCn3cncn3)CC2)c1C. The first-order valence-corrected chi connectivity index (χ1v) is 8.06. The van der Waals surface area contributed by atoms with Crippen LogP contribution in [0.4, 0.5) is 5.69 Å². The quantitative estimate of drug-likeness (QED) is 0.861. The highest BCUT2D eigenvalue weighted by Gasteiger charge is 2.22. The van der Waals surface area contributed by atoms with E-state index in [2.05, 4.69) is 47.0 Å². The van der Waals surface area contributed by atoms with Crippen LogP contribution < -0.4 is 4.90 Å². The molecular weight excluding hydrogens is 290 g/mol. The van der Waals surface area contributed by atoms with Crippen LogP contribution in [0.15, 0.2) is 30.9 Å². The Labute approximate surface area is 136 Å². The van der Waals surface area contributed by atoms with Gasteiger partial charge in [0.05, 0.1) is 6.54 Å². The Balaban J connectivity index is 1.53. The number of anilines is 1. The van der Waals surface area contributed by atoms with Crippen LogP contribution in [-0.2, 0) is 11.3 Å². The minimum absolute atomic E-state index is 0.195. The van der Waals surface area contributed by atoms with E-state index in [-0.39, 0.29) is 5.91 Å². The Kier molecular flexibility index (Phi) is 4.60. The number of hydrogen-bond donors (Lipinski definition) is 0. The van der Waals surface area contributed by atoms with Gasteiger partial charge in [0.1, 0.15) is 12.7 Å². The predicted molar refractivity (Wildman–Crippen MR) is 89.3 cm³/mol. The monoisotopic (exact) mass is 313 g/mol. The van der Waals surface area contributed by atoms with Crippen molar-refractivity contribution in [1.29, 1.82) is 0 Å². The molecule has 0 spiro atoms. The highest BCUT2D eigenvalue weighted by Crippen LogP contribution is 2.23. The van der Waals surface area contributed by atoms with E-state index in [1.54, 1.807) is 11.0 Å². The van der Waals surface area contributed by atoms with E-state index in [9.17, 15) is 4.79 Å². The van der Waals surface area contributed by atoms with Gasteiger partial charge in [0, 0.05) is 38.3 Å². The number of amides is 1. The molecule has 1 saturated heterocycles. The zero-order valence-corrected chi connectivity index (χ0v) is 13.8. The third kappa shape index (κ3) is 3.52. The molecule has 2 heterocycles. The van der Waals surface area contributed by atoms with Gasteiger partial charge in [-0.05, 0) is 31.0 Å². The molecule has 122 valence electrons. The maximum absolute atomic E-state index is 12.3. The van der Waals surface area contributed by atoms with E-state index in [1.807, 2.05) is 4.90 Å². The number of hydrogen-bond acceptors (Lipinski definition) is 4. The highest BCUT2D eigenvalue weighted by atomic mass is 16.2. The van der Waals surface area contributed by atoms with E-state index in [4.69, 9.17) is 0 Å². The van der Waals surface area contributed by atoms with Crippen LogP contribution in [0.25, 0.3) is 0 Å². The largest absolute Gasteiger partial charge is 0.368 e. The lowest BCUT2D eigenvalue weighted by atomic mass is 10.1. The van der Waals surface area contributed by atoms with Crippen molar-refractivity contribution in [3.8, 4) is 0 Å². The van der Waals surface area contributed by atoms with Gasteiger partial charge in [-0.25, -0.2) is 4.98 Å². The summed E-state index contributed by atoms with van der Waals surface area (Å²) >= 11 is 0. The van der Waals surface area contributed by atoms with E-state index < -0.39 is 0 Å². The summed E-state index contributed by atoms with van der Waals surface area (Å²) in [5.41, 5.74) is 3.94. The fourth-order valence-electron chi connectivity index (χ4n) is 2.99. The molecule has 1 fully saturated rings. The van der Waals surface area contributed by atoms with Crippen molar-refractivity contribution in [2.45, 2.75) is 26.8 Å². The summed E-state index contributed by atoms with van der Waals surface area (Å²) in [5, 5.41) is 4.03. The first-order valence-electron chi connectivity index (χ1n) is 8.06. The Morgan fingerprint density at radius 2 is 1.96 bits per heavy atom. The Morgan fingerprint density at radius 3 is 2.65 bits per heavy atom. The van der Waals surface area contributed by atoms with Crippen LogP contribution in [0.1, 0.15) is 17.5 Å². The number of aryl methyl sites for hydroxylation is 2. The molecule has 0 aliphatic carbocycles. The maximum atomic E-state index is 12.3. The van der Waals surface area contributed by atoms with Gasteiger partial charge >= 0.3 is 0 Å². The van der Waals surface area contributed by atoms with Crippen LogP contribution in [0.3, 0.4) is 0 Å². The van der Waals surface area contributed by atoms with Crippen LogP contribution in [0, 0.1) is 13.8 Å². The standard InChI is InChI=1S/C17H23N5O/c1-14-4-3-5-16(15(14)2)20-8-10-21(11-9-20)17(23)6-7-22-13-18-12-19-22/h3-5,12-13H,6-11H2,1-2H3. The fourth-order valence-corrected chi connectivity index (χ4v) is 2.99. The lowest BCUT2D eigenvalue weighted by Crippen LogP contribution is -2.49. The maximum Gasteiger partial charge on any atom is 0.224 e. The molecule has 0 N–H and O–H groups in total. The predicted octanol–water partition coefficient (Wildman–Crippen LogP) is 1.63. The van der Waals surface area contributed by atoms with Gasteiger partial charge in [0.2, 0.25) is 5.91 Å². The van der Waals surface area contributed by atoms with E-state index >= 15 is 0 Å². The molecule has 0 unspecified atom stereocenters. The zero-order chi connectivity index (χ0) is 16.2. The molecule has 0 bridgehead atoms. The number of benzene rings is 1. The van der Waals surface area contributed by atoms with Gasteiger partial charge in [-0.3, -0.25) is 9.48 Å². The first-order chi connectivity index (χ1) is 11.1. The summed E-state index contributed by atoms with van der Waals surface area (Å²) in [4.78, 5) is 20.5.